The molecule has 1 saturated carbocycles. The first-order valence-corrected chi connectivity index (χ1v) is 13.9. The number of likely N-dealkylation sites (tertiary alicyclic amines) is 1. The molecule has 0 bridgehead atoms. The molecule has 37 heavy (non-hydrogen) atoms. The summed E-state index contributed by atoms with van der Waals surface area (Å²) < 4.78 is 0. The van der Waals surface area contributed by atoms with Gasteiger partial charge in [0.15, 0.2) is 0 Å². The highest BCUT2D eigenvalue weighted by Gasteiger charge is 2.43. The van der Waals surface area contributed by atoms with E-state index in [1.165, 1.54) is 11.1 Å². The molecule has 0 spiro atoms. The zero-order chi connectivity index (χ0) is 26.2. The molecule has 3 atom stereocenters. The van der Waals surface area contributed by atoms with Crippen molar-refractivity contribution in [2.45, 2.75) is 77.2 Å². The van der Waals surface area contributed by atoms with E-state index in [0.717, 1.165) is 48.9 Å². The predicted molar refractivity (Wildman–Crippen MR) is 151 cm³/mol. The Kier molecular flexibility index (Phi) is 7.11. The van der Waals surface area contributed by atoms with Crippen molar-refractivity contribution >= 4 is 17.5 Å². The number of piperidine rings is 1. The number of nitrogens with zero attached hydrogens (tertiary/aromatic N) is 1. The third-order valence-corrected chi connectivity index (χ3v) is 8.27. The first-order chi connectivity index (χ1) is 17.7. The second-order valence-corrected chi connectivity index (χ2v) is 12.1. The molecule has 0 aromatic heterocycles. The summed E-state index contributed by atoms with van der Waals surface area (Å²) in [6.07, 6.45) is 13.3. The van der Waals surface area contributed by atoms with Gasteiger partial charge < -0.3 is 10.2 Å². The fourth-order valence-electron chi connectivity index (χ4n) is 6.08. The minimum absolute atomic E-state index is 0.00334. The molecule has 2 aromatic rings. The van der Waals surface area contributed by atoms with Crippen LogP contribution in [0.1, 0.15) is 85.8 Å². The van der Waals surface area contributed by atoms with Crippen molar-refractivity contribution in [2.75, 3.05) is 11.9 Å². The van der Waals surface area contributed by atoms with Gasteiger partial charge in [-0.3, -0.25) is 9.59 Å². The third-order valence-electron chi connectivity index (χ3n) is 8.27. The fourth-order valence-corrected chi connectivity index (χ4v) is 6.08. The van der Waals surface area contributed by atoms with E-state index in [0.29, 0.717) is 12.5 Å². The molecule has 1 heterocycles. The lowest BCUT2D eigenvalue weighted by molar-refractivity contribution is -0.123. The number of hydrogen-bond acceptors (Lipinski definition) is 2. The summed E-state index contributed by atoms with van der Waals surface area (Å²) in [5.41, 5.74) is 5.11. The van der Waals surface area contributed by atoms with E-state index in [1.54, 1.807) is 0 Å². The quantitative estimate of drug-likeness (QED) is 0.477. The Morgan fingerprint density at radius 2 is 1.78 bits per heavy atom. The maximum Gasteiger partial charge on any atom is 0.254 e. The zero-order valence-corrected chi connectivity index (χ0v) is 22.7. The number of carbonyl (C=O) groups is 2. The number of aryl methyl sites for hydroxylation is 1. The third kappa shape index (κ3) is 5.44. The summed E-state index contributed by atoms with van der Waals surface area (Å²) in [4.78, 5) is 30.2. The van der Waals surface area contributed by atoms with E-state index in [1.807, 2.05) is 30.0 Å². The lowest BCUT2D eigenvalue weighted by Gasteiger charge is -2.44. The highest BCUT2D eigenvalue weighted by molar-refractivity contribution is 5.99. The lowest BCUT2D eigenvalue weighted by Crippen LogP contribution is -2.55. The second-order valence-electron chi connectivity index (χ2n) is 12.1. The summed E-state index contributed by atoms with van der Waals surface area (Å²) in [6, 6.07) is 14.3. The molecule has 2 amide bonds. The van der Waals surface area contributed by atoms with Crippen LogP contribution in [0, 0.1) is 18.8 Å². The van der Waals surface area contributed by atoms with Gasteiger partial charge in [0.1, 0.15) is 0 Å². The summed E-state index contributed by atoms with van der Waals surface area (Å²) in [5, 5.41) is 3.22. The Morgan fingerprint density at radius 1 is 1.00 bits per heavy atom. The maximum atomic E-state index is 14.3. The van der Waals surface area contributed by atoms with Crippen LogP contribution in [-0.2, 0) is 10.2 Å². The topological polar surface area (TPSA) is 49.4 Å². The molecule has 2 aromatic carbocycles. The number of hydrogen-bond donors (Lipinski definition) is 1. The second kappa shape index (κ2) is 10.3. The molecule has 2 aliphatic carbocycles. The maximum absolute atomic E-state index is 14.3. The zero-order valence-electron chi connectivity index (χ0n) is 22.7. The Hall–Kier alpha value is -3.14. The van der Waals surface area contributed by atoms with E-state index in [-0.39, 0.29) is 35.1 Å². The molecule has 194 valence electrons. The SMILES string of the molecule is Cc1cccc(C2CC2)c1C(=O)N1CCCC(C(=O)Nc2cccc(C(C)(C)C)c2)[C@@H]1C1C=CC=CC1. The normalized spacial score (nSPS) is 23.7. The van der Waals surface area contributed by atoms with Crippen LogP contribution in [-0.4, -0.2) is 29.3 Å². The molecule has 4 heteroatoms. The van der Waals surface area contributed by atoms with E-state index < -0.39 is 0 Å². The predicted octanol–water partition coefficient (Wildman–Crippen LogP) is 7.16. The van der Waals surface area contributed by atoms with Crippen LogP contribution in [0.3, 0.4) is 0 Å². The van der Waals surface area contributed by atoms with Gasteiger partial charge >= 0.3 is 0 Å². The van der Waals surface area contributed by atoms with Crippen LogP contribution in [0.15, 0.2) is 66.8 Å². The molecule has 3 aliphatic rings. The van der Waals surface area contributed by atoms with Crippen molar-refractivity contribution in [1.82, 2.24) is 4.90 Å². The van der Waals surface area contributed by atoms with Crippen LogP contribution in [0.2, 0.25) is 0 Å². The molecule has 2 unspecified atom stereocenters. The summed E-state index contributed by atoms with van der Waals surface area (Å²) in [6.45, 7) is 9.28. The average molecular weight is 497 g/mol. The minimum atomic E-state index is -0.259. The Bertz CT molecular complexity index is 1230. The van der Waals surface area contributed by atoms with Gasteiger partial charge in [-0.1, -0.05) is 75.4 Å². The molecule has 1 N–H and O–H groups in total. The van der Waals surface area contributed by atoms with Crippen molar-refractivity contribution in [1.29, 1.82) is 0 Å². The molecule has 2 fully saturated rings. The van der Waals surface area contributed by atoms with E-state index in [4.69, 9.17) is 0 Å². The average Bonchev–Trinajstić information content (AvgIpc) is 3.73. The van der Waals surface area contributed by atoms with Crippen molar-refractivity contribution < 1.29 is 9.59 Å². The van der Waals surface area contributed by atoms with Crippen LogP contribution in [0.4, 0.5) is 5.69 Å². The number of nitrogens with one attached hydrogen (secondary N) is 1. The van der Waals surface area contributed by atoms with Crippen LogP contribution in [0.5, 0.6) is 0 Å². The van der Waals surface area contributed by atoms with E-state index >= 15 is 0 Å². The molecular weight excluding hydrogens is 456 g/mol. The van der Waals surface area contributed by atoms with Crippen molar-refractivity contribution in [3.05, 3.63) is 89.0 Å². The first kappa shape index (κ1) is 25.5. The van der Waals surface area contributed by atoms with Gasteiger partial charge in [-0.15, -0.1) is 0 Å². The fraction of sp³-hybridized carbons (Fsp3) is 0.455. The van der Waals surface area contributed by atoms with Gasteiger partial charge in [-0.25, -0.2) is 0 Å². The van der Waals surface area contributed by atoms with Crippen LogP contribution in [0.25, 0.3) is 0 Å². The molecule has 5 rings (SSSR count). The summed E-state index contributed by atoms with van der Waals surface area (Å²) in [5.74, 6) is 0.475. The summed E-state index contributed by atoms with van der Waals surface area (Å²) >= 11 is 0. The largest absolute Gasteiger partial charge is 0.334 e. The molecule has 1 saturated heterocycles. The van der Waals surface area contributed by atoms with Gasteiger partial charge in [0.25, 0.3) is 5.91 Å². The number of allylic oxidation sites excluding steroid dienone is 3. The molecule has 4 nitrogen and oxygen atoms in total. The van der Waals surface area contributed by atoms with Crippen molar-refractivity contribution in [2.24, 2.45) is 11.8 Å². The smallest absolute Gasteiger partial charge is 0.254 e. The standard InChI is InChI=1S/C33H40N2O2/c1-22-11-8-16-27(23-18-19-23)29(22)32(37)35-20-10-17-28(30(35)24-12-6-5-7-13-24)31(36)34-26-15-9-14-25(21-26)33(2,3)4/h5-9,11-12,14-16,21,23-24,28,30H,10,13,17-20H2,1-4H3,(H,34,36)/t24?,28?,30-/m0/s1. The molecule has 0 radical (unpaired) electrons. The molecular formula is C33H40N2O2. The Balaban J connectivity index is 1.46. The van der Waals surface area contributed by atoms with Crippen LogP contribution < -0.4 is 5.32 Å². The first-order valence-electron chi connectivity index (χ1n) is 13.9. The monoisotopic (exact) mass is 496 g/mol. The molecule has 1 aliphatic heterocycles. The van der Waals surface area contributed by atoms with Crippen molar-refractivity contribution in [3.63, 3.8) is 0 Å². The van der Waals surface area contributed by atoms with Gasteiger partial charge in [0, 0.05) is 23.7 Å². The van der Waals surface area contributed by atoms with Gasteiger partial charge in [-0.2, -0.15) is 0 Å². The highest BCUT2D eigenvalue weighted by atomic mass is 16.2. The summed E-state index contributed by atoms with van der Waals surface area (Å²) in [7, 11) is 0. The lowest BCUT2D eigenvalue weighted by atomic mass is 9.77. The minimum Gasteiger partial charge on any atom is -0.334 e. The number of amides is 2. The number of carbonyl (C=O) groups excluding carboxylic acids is 2. The van der Waals surface area contributed by atoms with Crippen LogP contribution >= 0.6 is 0 Å². The highest BCUT2D eigenvalue weighted by Crippen LogP contribution is 2.43. The van der Waals surface area contributed by atoms with E-state index in [9.17, 15) is 9.59 Å². The Labute approximate surface area is 221 Å². The number of anilines is 1. The number of rotatable bonds is 5. The van der Waals surface area contributed by atoms with Gasteiger partial charge in [0.2, 0.25) is 5.91 Å². The van der Waals surface area contributed by atoms with Crippen molar-refractivity contribution in [3.8, 4) is 0 Å². The van der Waals surface area contributed by atoms with Gasteiger partial charge in [0.05, 0.1) is 12.0 Å². The number of benzene rings is 2. The van der Waals surface area contributed by atoms with Gasteiger partial charge in [-0.05, 0) is 79.2 Å². The van der Waals surface area contributed by atoms with E-state index in [2.05, 4.69) is 74.7 Å². The Morgan fingerprint density at radius 3 is 2.49 bits per heavy atom.